The highest BCUT2D eigenvalue weighted by Gasteiger charge is 2.43. The molecule has 8 nitrogen and oxygen atoms in total. The second kappa shape index (κ2) is 10.9. The first-order chi connectivity index (χ1) is 17.6. The minimum Gasteiger partial charge on any atom is -0.471 e. The molecular weight excluding hydrogens is 486 g/mol. The molecule has 2 unspecified atom stereocenters. The zero-order valence-corrected chi connectivity index (χ0v) is 21.0. The summed E-state index contributed by atoms with van der Waals surface area (Å²) in [5.74, 6) is -0.912. The van der Waals surface area contributed by atoms with Gasteiger partial charge in [-0.3, -0.25) is 0 Å². The number of rotatable bonds is 8. The summed E-state index contributed by atoms with van der Waals surface area (Å²) in [6, 6.07) is 4.69. The fourth-order valence-corrected chi connectivity index (χ4v) is 5.11. The van der Waals surface area contributed by atoms with Crippen LogP contribution in [0.2, 0.25) is 0 Å². The van der Waals surface area contributed by atoms with E-state index >= 15 is 4.39 Å². The van der Waals surface area contributed by atoms with Crippen molar-refractivity contribution in [1.29, 1.82) is 0 Å². The smallest absolute Gasteiger partial charge is 0.256 e. The van der Waals surface area contributed by atoms with Gasteiger partial charge in [-0.25, -0.2) is 19.3 Å². The van der Waals surface area contributed by atoms with Crippen molar-refractivity contribution in [1.82, 2.24) is 19.9 Å². The van der Waals surface area contributed by atoms with Gasteiger partial charge in [-0.2, -0.15) is 9.37 Å². The monoisotopic (exact) mass is 514 g/mol. The molecule has 2 saturated heterocycles. The lowest BCUT2D eigenvalue weighted by molar-refractivity contribution is -0.0780. The Kier molecular flexibility index (Phi) is 7.47. The van der Waals surface area contributed by atoms with Crippen molar-refractivity contribution in [2.75, 3.05) is 42.8 Å². The number of aromatic nitrogens is 4. The number of halogens is 2. The Hall–Kier alpha value is -3.05. The maximum absolute atomic E-state index is 15.3. The average molecular weight is 515 g/mol. The highest BCUT2D eigenvalue weighted by molar-refractivity contribution is 7.98. The van der Waals surface area contributed by atoms with E-state index in [1.807, 2.05) is 18.6 Å². The van der Waals surface area contributed by atoms with Crippen molar-refractivity contribution in [3.8, 4) is 5.88 Å². The third-order valence-corrected chi connectivity index (χ3v) is 7.18. The standard InChI is InChI=1S/C25H28F2N6O2S/c1-3-4-15-8-28-25(29-9-15)33-10-16-12-34-13-17(11-33)22(16)35-24-21(27)23(30-14-31-24)32-20-6-5-18(36-2)7-19(20)26/h5-9,14,16-17,22H,3-4,10-13H2,1-2H3,(H,30,31,32). The number of ether oxygens (including phenoxy) is 2. The topological polar surface area (TPSA) is 85.3 Å². The van der Waals surface area contributed by atoms with Crippen LogP contribution in [-0.4, -0.2) is 58.6 Å². The number of hydrogen-bond acceptors (Lipinski definition) is 9. The lowest BCUT2D eigenvalue weighted by atomic mass is 9.84. The van der Waals surface area contributed by atoms with E-state index < -0.39 is 11.6 Å². The Balaban J connectivity index is 1.30. The highest BCUT2D eigenvalue weighted by atomic mass is 32.2. The molecule has 0 amide bonds. The number of fused-ring (bicyclic) bond motifs is 2. The van der Waals surface area contributed by atoms with Gasteiger partial charge < -0.3 is 19.7 Å². The minimum absolute atomic E-state index is 0.0151. The summed E-state index contributed by atoms with van der Waals surface area (Å²) in [7, 11) is 0. The number of nitrogens with one attached hydrogen (secondary N) is 1. The van der Waals surface area contributed by atoms with Gasteiger partial charge in [0.1, 0.15) is 18.2 Å². The van der Waals surface area contributed by atoms with E-state index in [9.17, 15) is 4.39 Å². The molecule has 2 fully saturated rings. The predicted octanol–water partition coefficient (Wildman–Crippen LogP) is 4.49. The lowest BCUT2D eigenvalue weighted by Gasteiger charge is -2.46. The molecule has 0 radical (unpaired) electrons. The molecule has 2 aliphatic heterocycles. The van der Waals surface area contributed by atoms with Crippen LogP contribution in [0.3, 0.4) is 0 Å². The van der Waals surface area contributed by atoms with Gasteiger partial charge in [-0.15, -0.1) is 11.8 Å². The van der Waals surface area contributed by atoms with Crippen molar-refractivity contribution in [2.45, 2.75) is 30.8 Å². The molecule has 0 saturated carbocycles. The summed E-state index contributed by atoms with van der Waals surface area (Å²) in [5.41, 5.74) is 1.24. The maximum Gasteiger partial charge on any atom is 0.256 e. The van der Waals surface area contributed by atoms with E-state index in [1.165, 1.54) is 24.2 Å². The first kappa shape index (κ1) is 24.6. The normalized spacial score (nSPS) is 21.3. The average Bonchev–Trinajstić information content (AvgIpc) is 2.88. The third-order valence-electron chi connectivity index (χ3n) is 6.45. The van der Waals surface area contributed by atoms with Gasteiger partial charge in [0.15, 0.2) is 5.82 Å². The van der Waals surface area contributed by atoms with Crippen LogP contribution in [0.25, 0.3) is 0 Å². The molecule has 1 N–H and O–H groups in total. The molecule has 2 atom stereocenters. The van der Waals surface area contributed by atoms with Crippen LogP contribution in [0.1, 0.15) is 18.9 Å². The number of aryl methyl sites for hydroxylation is 1. The lowest BCUT2D eigenvalue weighted by Crippen LogP contribution is -2.58. The molecule has 2 aliphatic rings. The van der Waals surface area contributed by atoms with Crippen LogP contribution in [0.5, 0.6) is 5.88 Å². The second-order valence-corrected chi connectivity index (χ2v) is 9.88. The number of hydrogen-bond donors (Lipinski definition) is 1. The van der Waals surface area contributed by atoms with E-state index in [4.69, 9.17) is 9.47 Å². The molecule has 4 heterocycles. The molecule has 5 rings (SSSR count). The summed E-state index contributed by atoms with van der Waals surface area (Å²) in [5, 5.41) is 2.72. The Morgan fingerprint density at radius 1 is 1.11 bits per heavy atom. The van der Waals surface area contributed by atoms with Gasteiger partial charge in [0, 0.05) is 42.2 Å². The van der Waals surface area contributed by atoms with E-state index in [-0.39, 0.29) is 35.3 Å². The van der Waals surface area contributed by atoms with Crippen molar-refractivity contribution in [3.63, 3.8) is 0 Å². The molecule has 0 aliphatic carbocycles. The van der Waals surface area contributed by atoms with Crippen molar-refractivity contribution in [3.05, 3.63) is 54.1 Å². The van der Waals surface area contributed by atoms with Gasteiger partial charge >= 0.3 is 0 Å². The first-order valence-corrected chi connectivity index (χ1v) is 13.2. The Morgan fingerprint density at radius 2 is 1.86 bits per heavy atom. The Bertz CT molecular complexity index is 1190. The van der Waals surface area contributed by atoms with Gasteiger partial charge in [-0.1, -0.05) is 13.3 Å². The van der Waals surface area contributed by atoms with Crippen LogP contribution in [0.15, 0.2) is 41.8 Å². The number of anilines is 3. The predicted molar refractivity (Wildman–Crippen MR) is 134 cm³/mol. The van der Waals surface area contributed by atoms with Crippen molar-refractivity contribution in [2.24, 2.45) is 11.8 Å². The Morgan fingerprint density at radius 3 is 2.53 bits per heavy atom. The van der Waals surface area contributed by atoms with Crippen molar-refractivity contribution < 1.29 is 18.3 Å². The minimum atomic E-state index is -0.762. The van der Waals surface area contributed by atoms with E-state index in [1.54, 1.807) is 12.1 Å². The fraction of sp³-hybridized carbons (Fsp3) is 0.440. The molecule has 1 aromatic carbocycles. The zero-order valence-electron chi connectivity index (χ0n) is 20.2. The summed E-state index contributed by atoms with van der Waals surface area (Å²) < 4.78 is 41.6. The van der Waals surface area contributed by atoms with Gasteiger partial charge in [-0.05, 0) is 36.4 Å². The third kappa shape index (κ3) is 5.22. The summed E-state index contributed by atoms with van der Waals surface area (Å²) >= 11 is 1.42. The highest BCUT2D eigenvalue weighted by Crippen LogP contribution is 2.34. The molecular formula is C25H28F2N6O2S. The molecule has 190 valence electrons. The van der Waals surface area contributed by atoms with E-state index in [0.717, 1.165) is 23.3 Å². The first-order valence-electron chi connectivity index (χ1n) is 12.0. The summed E-state index contributed by atoms with van der Waals surface area (Å²) in [6.07, 6.45) is 8.53. The van der Waals surface area contributed by atoms with E-state index in [0.29, 0.717) is 32.3 Å². The largest absolute Gasteiger partial charge is 0.471 e. The number of benzene rings is 1. The molecule has 36 heavy (non-hydrogen) atoms. The van der Waals surface area contributed by atoms with Gasteiger partial charge in [0.2, 0.25) is 11.8 Å². The second-order valence-electron chi connectivity index (χ2n) is 9.00. The quantitative estimate of drug-likeness (QED) is 0.437. The molecule has 2 bridgehead atoms. The summed E-state index contributed by atoms with van der Waals surface area (Å²) in [4.78, 5) is 20.0. The zero-order chi connectivity index (χ0) is 25.1. The van der Waals surface area contributed by atoms with Crippen LogP contribution in [0, 0.1) is 23.5 Å². The molecule has 11 heteroatoms. The van der Waals surface area contributed by atoms with Crippen LogP contribution in [0.4, 0.5) is 26.2 Å². The molecule has 3 aromatic rings. The van der Waals surface area contributed by atoms with Crippen LogP contribution in [-0.2, 0) is 11.2 Å². The molecule has 0 spiro atoms. The Labute approximate surface area is 212 Å². The maximum atomic E-state index is 15.3. The fourth-order valence-electron chi connectivity index (χ4n) is 4.69. The van der Waals surface area contributed by atoms with Crippen LogP contribution >= 0.6 is 11.8 Å². The van der Waals surface area contributed by atoms with Gasteiger partial charge in [0.25, 0.3) is 5.88 Å². The SMILES string of the molecule is CCCc1cnc(N2CC3COCC(C2)C3Oc2ncnc(Nc3ccc(SC)cc3F)c2F)nc1. The molecule has 2 aromatic heterocycles. The number of thioether (sulfide) groups is 1. The van der Waals surface area contributed by atoms with Gasteiger partial charge in [0.05, 0.1) is 18.9 Å². The van der Waals surface area contributed by atoms with Crippen molar-refractivity contribution >= 4 is 29.2 Å². The number of nitrogens with zero attached hydrogens (tertiary/aromatic N) is 5. The van der Waals surface area contributed by atoms with E-state index in [2.05, 4.69) is 37.1 Å². The summed E-state index contributed by atoms with van der Waals surface area (Å²) in [6.45, 7) is 4.34. The number of piperidine rings is 1. The van der Waals surface area contributed by atoms with Crippen LogP contribution < -0.4 is 15.0 Å².